The van der Waals surface area contributed by atoms with Gasteiger partial charge in [0.15, 0.2) is 0 Å². The van der Waals surface area contributed by atoms with Crippen molar-refractivity contribution in [1.82, 2.24) is 5.32 Å². The lowest BCUT2D eigenvalue weighted by atomic mass is 9.76. The summed E-state index contributed by atoms with van der Waals surface area (Å²) in [5, 5.41) is 3.83. The van der Waals surface area contributed by atoms with E-state index in [-0.39, 0.29) is 5.82 Å². The van der Waals surface area contributed by atoms with Crippen LogP contribution < -0.4 is 5.32 Å². The monoisotopic (exact) mass is 241 g/mol. The standard InChI is InChI=1S/C13H17ClFN/c1-8-6-16-7-9(2)13(8)11-4-3-10(14)5-12(11)15/h3-5,8-9,13,16H,6-7H2,1-2H3/t8-,9+,13?. The molecule has 1 aromatic carbocycles. The van der Waals surface area contributed by atoms with Crippen molar-refractivity contribution in [2.45, 2.75) is 19.8 Å². The van der Waals surface area contributed by atoms with E-state index in [1.807, 2.05) is 6.07 Å². The molecule has 1 unspecified atom stereocenters. The Kier molecular flexibility index (Phi) is 3.50. The Hall–Kier alpha value is -0.600. The van der Waals surface area contributed by atoms with Gasteiger partial charge in [-0.05, 0) is 48.5 Å². The molecule has 1 heterocycles. The van der Waals surface area contributed by atoms with E-state index in [2.05, 4.69) is 19.2 Å². The highest BCUT2D eigenvalue weighted by atomic mass is 35.5. The Bertz CT molecular complexity index is 370. The van der Waals surface area contributed by atoms with Gasteiger partial charge in [0.2, 0.25) is 0 Å². The van der Waals surface area contributed by atoms with Gasteiger partial charge in [0, 0.05) is 5.02 Å². The fraction of sp³-hybridized carbons (Fsp3) is 0.538. The fourth-order valence-electron chi connectivity index (χ4n) is 2.74. The molecule has 0 spiro atoms. The van der Waals surface area contributed by atoms with Crippen molar-refractivity contribution >= 4 is 11.6 Å². The molecule has 0 aromatic heterocycles. The van der Waals surface area contributed by atoms with Crippen LogP contribution in [0.15, 0.2) is 18.2 Å². The van der Waals surface area contributed by atoms with Crippen molar-refractivity contribution in [2.75, 3.05) is 13.1 Å². The van der Waals surface area contributed by atoms with Gasteiger partial charge in [0.05, 0.1) is 0 Å². The third-order valence-corrected chi connectivity index (χ3v) is 3.72. The summed E-state index contributed by atoms with van der Waals surface area (Å²) < 4.78 is 13.9. The van der Waals surface area contributed by atoms with Crippen LogP contribution in [0.1, 0.15) is 25.3 Å². The van der Waals surface area contributed by atoms with Crippen LogP contribution in [0.5, 0.6) is 0 Å². The number of benzene rings is 1. The molecule has 0 radical (unpaired) electrons. The van der Waals surface area contributed by atoms with Crippen LogP contribution in [0.4, 0.5) is 4.39 Å². The summed E-state index contributed by atoms with van der Waals surface area (Å²) in [5.41, 5.74) is 0.811. The minimum atomic E-state index is -0.168. The quantitative estimate of drug-likeness (QED) is 0.794. The van der Waals surface area contributed by atoms with E-state index in [9.17, 15) is 4.39 Å². The Labute approximate surface area is 101 Å². The summed E-state index contributed by atoms with van der Waals surface area (Å²) >= 11 is 5.78. The minimum Gasteiger partial charge on any atom is -0.316 e. The van der Waals surface area contributed by atoms with Crippen molar-refractivity contribution in [3.63, 3.8) is 0 Å². The van der Waals surface area contributed by atoms with Crippen molar-refractivity contribution in [3.05, 3.63) is 34.6 Å². The molecule has 1 N–H and O–H groups in total. The van der Waals surface area contributed by atoms with E-state index in [0.29, 0.717) is 22.8 Å². The summed E-state index contributed by atoms with van der Waals surface area (Å²) in [4.78, 5) is 0. The zero-order valence-electron chi connectivity index (χ0n) is 9.63. The van der Waals surface area contributed by atoms with Gasteiger partial charge in [-0.15, -0.1) is 0 Å². The fourth-order valence-corrected chi connectivity index (χ4v) is 2.90. The number of halogens is 2. The van der Waals surface area contributed by atoms with Gasteiger partial charge < -0.3 is 5.32 Å². The Morgan fingerprint density at radius 2 is 1.88 bits per heavy atom. The Morgan fingerprint density at radius 1 is 1.25 bits per heavy atom. The van der Waals surface area contributed by atoms with Crippen molar-refractivity contribution < 1.29 is 4.39 Å². The molecule has 0 bridgehead atoms. The van der Waals surface area contributed by atoms with E-state index >= 15 is 0 Å². The molecule has 16 heavy (non-hydrogen) atoms. The highest BCUT2D eigenvalue weighted by Gasteiger charge is 2.30. The maximum atomic E-state index is 13.9. The van der Waals surface area contributed by atoms with Crippen LogP contribution in [-0.4, -0.2) is 13.1 Å². The third kappa shape index (κ3) is 2.23. The molecule has 3 heteroatoms. The van der Waals surface area contributed by atoms with E-state index < -0.39 is 0 Å². The zero-order valence-corrected chi connectivity index (χ0v) is 10.4. The molecule has 1 aliphatic rings. The number of hydrogen-bond donors (Lipinski definition) is 1. The molecule has 3 atom stereocenters. The zero-order chi connectivity index (χ0) is 11.7. The molecule has 1 fully saturated rings. The summed E-state index contributed by atoms with van der Waals surface area (Å²) in [6, 6.07) is 5.03. The van der Waals surface area contributed by atoms with Gasteiger partial charge in [-0.25, -0.2) is 4.39 Å². The largest absolute Gasteiger partial charge is 0.316 e. The maximum Gasteiger partial charge on any atom is 0.128 e. The molecule has 2 rings (SSSR count). The molecule has 0 amide bonds. The van der Waals surface area contributed by atoms with E-state index in [0.717, 1.165) is 18.7 Å². The first-order chi connectivity index (χ1) is 7.59. The second-order valence-electron chi connectivity index (χ2n) is 4.80. The van der Waals surface area contributed by atoms with Gasteiger partial charge in [0.1, 0.15) is 5.82 Å². The number of rotatable bonds is 1. The number of hydrogen-bond acceptors (Lipinski definition) is 1. The smallest absolute Gasteiger partial charge is 0.128 e. The molecule has 0 saturated carbocycles. The van der Waals surface area contributed by atoms with E-state index in [1.54, 1.807) is 6.07 Å². The molecular formula is C13H17ClFN. The first kappa shape index (κ1) is 11.9. The molecule has 1 nitrogen and oxygen atoms in total. The number of piperidine rings is 1. The molecule has 1 saturated heterocycles. The van der Waals surface area contributed by atoms with Gasteiger partial charge >= 0.3 is 0 Å². The lowest BCUT2D eigenvalue weighted by Crippen LogP contribution is -2.40. The third-order valence-electron chi connectivity index (χ3n) is 3.48. The van der Waals surface area contributed by atoms with Crippen molar-refractivity contribution in [2.24, 2.45) is 11.8 Å². The van der Waals surface area contributed by atoms with Crippen molar-refractivity contribution in [1.29, 1.82) is 0 Å². The van der Waals surface area contributed by atoms with Crippen LogP contribution in [0.25, 0.3) is 0 Å². The summed E-state index contributed by atoms with van der Waals surface area (Å²) in [6.45, 7) is 6.25. The lowest BCUT2D eigenvalue weighted by Gasteiger charge is -2.35. The van der Waals surface area contributed by atoms with Crippen LogP contribution in [0.2, 0.25) is 5.02 Å². The average molecular weight is 242 g/mol. The van der Waals surface area contributed by atoms with Gasteiger partial charge in [-0.1, -0.05) is 31.5 Å². The van der Waals surface area contributed by atoms with Crippen LogP contribution in [0, 0.1) is 17.7 Å². The summed E-state index contributed by atoms with van der Waals surface area (Å²) in [6.07, 6.45) is 0. The van der Waals surface area contributed by atoms with Crippen molar-refractivity contribution in [3.8, 4) is 0 Å². The van der Waals surface area contributed by atoms with Crippen LogP contribution >= 0.6 is 11.6 Å². The highest BCUT2D eigenvalue weighted by molar-refractivity contribution is 6.30. The second-order valence-corrected chi connectivity index (χ2v) is 5.24. The van der Waals surface area contributed by atoms with Gasteiger partial charge in [-0.3, -0.25) is 0 Å². The van der Waals surface area contributed by atoms with Gasteiger partial charge in [0.25, 0.3) is 0 Å². The second kappa shape index (κ2) is 4.72. The number of nitrogens with one attached hydrogen (secondary N) is 1. The maximum absolute atomic E-state index is 13.9. The summed E-state index contributed by atoms with van der Waals surface area (Å²) in [5.74, 6) is 1.04. The predicted molar refractivity (Wildman–Crippen MR) is 65.3 cm³/mol. The highest BCUT2D eigenvalue weighted by Crippen LogP contribution is 2.36. The predicted octanol–water partition coefficient (Wildman–Crippen LogP) is 3.44. The molecule has 1 aliphatic heterocycles. The van der Waals surface area contributed by atoms with Crippen LogP contribution in [-0.2, 0) is 0 Å². The molecular weight excluding hydrogens is 225 g/mol. The lowest BCUT2D eigenvalue weighted by molar-refractivity contribution is 0.263. The average Bonchev–Trinajstić information content (AvgIpc) is 2.20. The SMILES string of the molecule is C[C@@H]1CNC[C@H](C)C1c1ccc(Cl)cc1F. The van der Waals surface area contributed by atoms with E-state index in [1.165, 1.54) is 6.07 Å². The first-order valence-electron chi connectivity index (χ1n) is 5.75. The molecule has 0 aliphatic carbocycles. The summed E-state index contributed by atoms with van der Waals surface area (Å²) in [7, 11) is 0. The Morgan fingerprint density at radius 3 is 2.44 bits per heavy atom. The topological polar surface area (TPSA) is 12.0 Å². The molecule has 88 valence electrons. The van der Waals surface area contributed by atoms with E-state index in [4.69, 9.17) is 11.6 Å². The Balaban J connectivity index is 2.34. The normalized spacial score (nSPS) is 30.4. The minimum absolute atomic E-state index is 0.168. The molecule has 1 aromatic rings. The van der Waals surface area contributed by atoms with Crippen LogP contribution in [0.3, 0.4) is 0 Å². The van der Waals surface area contributed by atoms with Gasteiger partial charge in [-0.2, -0.15) is 0 Å². The first-order valence-corrected chi connectivity index (χ1v) is 6.13.